The summed E-state index contributed by atoms with van der Waals surface area (Å²) >= 11 is 0. The van der Waals surface area contributed by atoms with Crippen molar-refractivity contribution in [2.24, 2.45) is 0 Å². The predicted octanol–water partition coefficient (Wildman–Crippen LogP) is 2.37. The zero-order chi connectivity index (χ0) is 15.8. The highest BCUT2D eigenvalue weighted by molar-refractivity contribution is 8.14. The molecule has 1 amide bonds. The van der Waals surface area contributed by atoms with Crippen LogP contribution in [0.15, 0.2) is 24.3 Å². The van der Waals surface area contributed by atoms with E-state index >= 15 is 0 Å². The summed E-state index contributed by atoms with van der Waals surface area (Å²) in [7, 11) is 1.28. The highest BCUT2D eigenvalue weighted by Crippen LogP contribution is 2.33. The molecule has 21 heavy (non-hydrogen) atoms. The van der Waals surface area contributed by atoms with Crippen LogP contribution in [0.3, 0.4) is 0 Å². The van der Waals surface area contributed by atoms with Crippen molar-refractivity contribution < 1.29 is 26.4 Å². The molecular weight excluding hydrogens is 331 g/mol. The number of likely N-dealkylation sites (tertiary alicyclic amines) is 1. The molecule has 9 heteroatoms. The molecule has 1 aliphatic heterocycles. The zero-order valence-corrected chi connectivity index (χ0v) is 12.2. The number of halogens is 4. The Morgan fingerprint density at radius 2 is 1.90 bits per heavy atom. The van der Waals surface area contributed by atoms with Crippen molar-refractivity contribution in [1.82, 2.24) is 4.90 Å². The lowest BCUT2D eigenvalue weighted by molar-refractivity contribution is -0.139. The molecular formula is C12H11ClF3NO3S. The SMILES string of the molecule is O=C1CC(S(=O)(=O)Cl)CN1Cc1ccccc1C(F)(F)F. The van der Waals surface area contributed by atoms with E-state index in [2.05, 4.69) is 0 Å². The third-order valence-electron chi connectivity index (χ3n) is 3.26. The maximum absolute atomic E-state index is 12.9. The second-order valence-corrected chi connectivity index (χ2v) is 7.64. The van der Waals surface area contributed by atoms with Crippen molar-refractivity contribution in [3.8, 4) is 0 Å². The number of alkyl halides is 3. The Morgan fingerprint density at radius 1 is 1.29 bits per heavy atom. The van der Waals surface area contributed by atoms with Crippen LogP contribution in [-0.2, 0) is 26.6 Å². The molecule has 0 saturated carbocycles. The van der Waals surface area contributed by atoms with Gasteiger partial charge in [0.2, 0.25) is 15.0 Å². The van der Waals surface area contributed by atoms with Gasteiger partial charge in [-0.05, 0) is 11.6 Å². The van der Waals surface area contributed by atoms with Crippen LogP contribution < -0.4 is 0 Å². The van der Waals surface area contributed by atoms with Gasteiger partial charge in [-0.2, -0.15) is 13.2 Å². The third kappa shape index (κ3) is 3.68. The van der Waals surface area contributed by atoms with Crippen molar-refractivity contribution in [3.63, 3.8) is 0 Å². The molecule has 1 aliphatic rings. The molecule has 1 saturated heterocycles. The van der Waals surface area contributed by atoms with E-state index in [1.165, 1.54) is 18.2 Å². The number of hydrogen-bond acceptors (Lipinski definition) is 3. The first kappa shape index (κ1) is 16.1. The van der Waals surface area contributed by atoms with Gasteiger partial charge in [0.15, 0.2) is 0 Å². The van der Waals surface area contributed by atoms with Gasteiger partial charge in [-0.15, -0.1) is 0 Å². The summed E-state index contributed by atoms with van der Waals surface area (Å²) in [5.41, 5.74) is -0.916. The van der Waals surface area contributed by atoms with Gasteiger partial charge < -0.3 is 4.90 Å². The first-order chi connectivity index (χ1) is 9.59. The van der Waals surface area contributed by atoms with E-state index in [1.54, 1.807) is 0 Å². The van der Waals surface area contributed by atoms with Gasteiger partial charge in [-0.25, -0.2) is 8.42 Å². The molecule has 0 aliphatic carbocycles. The number of carbonyl (C=O) groups is 1. The Morgan fingerprint density at radius 3 is 2.43 bits per heavy atom. The lowest BCUT2D eigenvalue weighted by atomic mass is 10.1. The number of carbonyl (C=O) groups excluding carboxylic acids is 1. The Kier molecular flexibility index (Phi) is 4.21. The summed E-state index contributed by atoms with van der Waals surface area (Å²) in [4.78, 5) is 12.8. The molecule has 0 N–H and O–H groups in total. The molecule has 4 nitrogen and oxygen atoms in total. The van der Waals surface area contributed by atoms with Crippen molar-refractivity contribution in [1.29, 1.82) is 0 Å². The molecule has 1 atom stereocenters. The maximum atomic E-state index is 12.9. The third-order valence-corrected chi connectivity index (χ3v) is 5.13. The van der Waals surface area contributed by atoms with Crippen molar-refractivity contribution in [2.45, 2.75) is 24.4 Å². The number of rotatable bonds is 3. The van der Waals surface area contributed by atoms with Crippen molar-refractivity contribution in [3.05, 3.63) is 35.4 Å². The zero-order valence-electron chi connectivity index (χ0n) is 10.6. The van der Waals surface area contributed by atoms with Crippen LogP contribution in [0.25, 0.3) is 0 Å². The van der Waals surface area contributed by atoms with Crippen LogP contribution in [0.1, 0.15) is 17.5 Å². The van der Waals surface area contributed by atoms with Crippen LogP contribution >= 0.6 is 10.7 Å². The number of amides is 1. The van der Waals surface area contributed by atoms with E-state index in [9.17, 15) is 26.4 Å². The summed E-state index contributed by atoms with van der Waals surface area (Å²) in [6, 6.07) is 4.87. The predicted molar refractivity (Wildman–Crippen MR) is 70.0 cm³/mol. The summed E-state index contributed by atoms with van der Waals surface area (Å²) < 4.78 is 61.0. The molecule has 1 heterocycles. The standard InChI is InChI=1S/C12H11ClF3NO3S/c13-21(19,20)9-5-11(18)17(7-9)6-8-3-1-2-4-10(8)12(14,15)16/h1-4,9H,5-7H2. The topological polar surface area (TPSA) is 54.5 Å². The van der Waals surface area contributed by atoms with Crippen LogP contribution in [0, 0.1) is 0 Å². The quantitative estimate of drug-likeness (QED) is 0.793. The fourth-order valence-corrected chi connectivity index (χ4v) is 3.28. The first-order valence-electron chi connectivity index (χ1n) is 5.95. The second kappa shape index (κ2) is 5.49. The largest absolute Gasteiger partial charge is 0.416 e. The molecule has 1 fully saturated rings. The minimum Gasteiger partial charge on any atom is -0.337 e. The Labute approximate surface area is 123 Å². The number of hydrogen-bond donors (Lipinski definition) is 0. The summed E-state index contributed by atoms with van der Waals surface area (Å²) in [5, 5.41) is -1.08. The van der Waals surface area contributed by atoms with Gasteiger partial charge in [-0.1, -0.05) is 18.2 Å². The second-order valence-electron chi connectivity index (χ2n) is 4.73. The summed E-state index contributed by atoms with van der Waals surface area (Å²) in [5.74, 6) is -0.527. The highest BCUT2D eigenvalue weighted by Gasteiger charge is 2.39. The van der Waals surface area contributed by atoms with Gasteiger partial charge in [0, 0.05) is 30.2 Å². The number of nitrogens with zero attached hydrogens (tertiary/aromatic N) is 1. The van der Waals surface area contributed by atoms with Gasteiger partial charge in [0.05, 0.1) is 5.56 Å². The van der Waals surface area contributed by atoms with Crippen molar-refractivity contribution >= 4 is 25.6 Å². The Balaban J connectivity index is 2.22. The molecule has 1 aromatic rings. The maximum Gasteiger partial charge on any atom is 0.416 e. The molecule has 2 rings (SSSR count). The van der Waals surface area contributed by atoms with Crippen molar-refractivity contribution in [2.75, 3.05) is 6.54 Å². The van der Waals surface area contributed by atoms with E-state index in [-0.39, 0.29) is 25.1 Å². The Bertz CT molecular complexity index is 660. The van der Waals surface area contributed by atoms with Crippen LogP contribution in [0.2, 0.25) is 0 Å². The molecule has 116 valence electrons. The lowest BCUT2D eigenvalue weighted by Crippen LogP contribution is -2.27. The Hall–Kier alpha value is -1.28. The van der Waals surface area contributed by atoms with Gasteiger partial charge in [0.1, 0.15) is 5.25 Å². The van der Waals surface area contributed by atoms with Crippen LogP contribution in [0.5, 0.6) is 0 Å². The van der Waals surface area contributed by atoms with Gasteiger partial charge in [-0.3, -0.25) is 4.79 Å². The summed E-state index contributed by atoms with van der Waals surface area (Å²) in [6.07, 6.45) is -4.84. The molecule has 0 spiro atoms. The minimum atomic E-state index is -4.53. The normalized spacial score (nSPS) is 20.1. The van der Waals surface area contributed by atoms with Gasteiger partial charge >= 0.3 is 6.18 Å². The smallest absolute Gasteiger partial charge is 0.337 e. The van der Waals surface area contributed by atoms with Crippen LogP contribution in [0.4, 0.5) is 13.2 Å². The van der Waals surface area contributed by atoms with E-state index in [0.29, 0.717) is 0 Å². The van der Waals surface area contributed by atoms with E-state index < -0.39 is 31.9 Å². The van der Waals surface area contributed by atoms with E-state index in [1.807, 2.05) is 0 Å². The lowest BCUT2D eigenvalue weighted by Gasteiger charge is -2.19. The van der Waals surface area contributed by atoms with Gasteiger partial charge in [0.25, 0.3) is 0 Å². The minimum absolute atomic E-state index is 0.0778. The monoisotopic (exact) mass is 341 g/mol. The fraction of sp³-hybridized carbons (Fsp3) is 0.417. The van der Waals surface area contributed by atoms with Crippen LogP contribution in [-0.4, -0.2) is 31.0 Å². The van der Waals surface area contributed by atoms with E-state index in [4.69, 9.17) is 10.7 Å². The fourth-order valence-electron chi connectivity index (χ4n) is 2.22. The van der Waals surface area contributed by atoms with E-state index in [0.717, 1.165) is 11.0 Å². The molecule has 1 aromatic carbocycles. The molecule has 1 unspecified atom stereocenters. The summed E-state index contributed by atoms with van der Waals surface area (Å²) in [6.45, 7) is -0.492. The number of benzene rings is 1. The average Bonchev–Trinajstić information content (AvgIpc) is 2.70. The molecule has 0 radical (unpaired) electrons. The average molecular weight is 342 g/mol. The molecule has 0 bridgehead atoms. The first-order valence-corrected chi connectivity index (χ1v) is 8.32. The highest BCUT2D eigenvalue weighted by atomic mass is 35.7. The molecule has 0 aromatic heterocycles.